The number of fused-ring (bicyclic) bond motifs is 9. The molecule has 0 N–H and O–H groups in total. The van der Waals surface area contributed by atoms with Crippen LogP contribution in [0, 0.1) is 0 Å². The molecule has 1 heterocycles. The number of hydrogen-bond donors (Lipinski definition) is 0. The van der Waals surface area contributed by atoms with Gasteiger partial charge in [-0.05, 0) is 144 Å². The van der Waals surface area contributed by atoms with Gasteiger partial charge in [0.1, 0.15) is 0 Å². The smallest absolute Gasteiger partial charge is 0.0713 e. The van der Waals surface area contributed by atoms with Crippen molar-refractivity contribution >= 4 is 48.6 Å². The van der Waals surface area contributed by atoms with E-state index in [0.717, 1.165) is 17.1 Å². The molecule has 1 nitrogen and oxygen atoms in total. The van der Waals surface area contributed by atoms with E-state index in [-0.39, 0.29) is 5.41 Å². The first-order valence-electron chi connectivity index (χ1n) is 25.1. The molecule has 2 heteroatoms. The molecule has 0 spiro atoms. The fourth-order valence-electron chi connectivity index (χ4n) is 12.3. The third-order valence-electron chi connectivity index (χ3n) is 15.8. The Labute approximate surface area is 425 Å². The summed E-state index contributed by atoms with van der Waals surface area (Å²) < 4.78 is 2.60. The highest BCUT2D eigenvalue weighted by Crippen LogP contribution is 2.57. The van der Waals surface area contributed by atoms with E-state index in [1.807, 2.05) is 11.3 Å². The second-order valence-electron chi connectivity index (χ2n) is 20.0. The van der Waals surface area contributed by atoms with E-state index in [4.69, 9.17) is 0 Å². The zero-order valence-corrected chi connectivity index (χ0v) is 41.0. The lowest BCUT2D eigenvalue weighted by Crippen LogP contribution is -2.28. The summed E-state index contributed by atoms with van der Waals surface area (Å²) in [6.07, 6.45) is 0. The SMILES string of the molecule is CC1(C)c2ccccc2-c2ccc(N(c3ccc(-c4ccccc4)cc3)c3ccc(-c4cc(-c5ccc6c(c5)C(c5ccccc5)(c5ccccc5)c5ccccc5-6)cc5c4sc4ccccc45)cc3)cc21. The topological polar surface area (TPSA) is 3.24 Å². The van der Waals surface area contributed by atoms with Crippen LogP contribution in [0.2, 0.25) is 0 Å². The lowest BCUT2D eigenvalue weighted by Gasteiger charge is -2.34. The molecular formula is C70H49NS. The number of anilines is 3. The Hall–Kier alpha value is -8.56. The lowest BCUT2D eigenvalue weighted by molar-refractivity contribution is 0.660. The zero-order valence-electron chi connectivity index (χ0n) is 40.2. The van der Waals surface area contributed by atoms with Gasteiger partial charge < -0.3 is 4.90 Å². The molecule has 0 amide bonds. The quantitative estimate of drug-likeness (QED) is 0.147. The summed E-state index contributed by atoms with van der Waals surface area (Å²) in [5, 5.41) is 2.58. The van der Waals surface area contributed by atoms with E-state index < -0.39 is 5.41 Å². The van der Waals surface area contributed by atoms with Crippen LogP contribution in [0.5, 0.6) is 0 Å². The summed E-state index contributed by atoms with van der Waals surface area (Å²) >= 11 is 1.89. The van der Waals surface area contributed by atoms with Gasteiger partial charge in [0.2, 0.25) is 0 Å². The second kappa shape index (κ2) is 16.5. The molecule has 1 aromatic heterocycles. The molecule has 0 fully saturated rings. The first kappa shape index (κ1) is 42.3. The first-order valence-corrected chi connectivity index (χ1v) is 25.9. The van der Waals surface area contributed by atoms with Crippen LogP contribution >= 0.6 is 11.3 Å². The molecule has 2 aliphatic rings. The zero-order chi connectivity index (χ0) is 48.0. The predicted octanol–water partition coefficient (Wildman–Crippen LogP) is 19.2. The Kier molecular flexibility index (Phi) is 9.71. The van der Waals surface area contributed by atoms with Crippen LogP contribution in [0.25, 0.3) is 75.8 Å². The Balaban J connectivity index is 0.923. The van der Waals surface area contributed by atoms with Crippen LogP contribution in [0.3, 0.4) is 0 Å². The van der Waals surface area contributed by atoms with E-state index in [1.165, 1.54) is 109 Å². The van der Waals surface area contributed by atoms with Crippen molar-refractivity contribution in [1.29, 1.82) is 0 Å². The van der Waals surface area contributed by atoms with Crippen molar-refractivity contribution in [3.8, 4) is 55.6 Å². The molecule has 14 rings (SSSR count). The van der Waals surface area contributed by atoms with Crippen LogP contribution in [0.4, 0.5) is 17.1 Å². The van der Waals surface area contributed by atoms with Crippen molar-refractivity contribution in [2.24, 2.45) is 0 Å². The molecule has 0 saturated carbocycles. The van der Waals surface area contributed by atoms with Crippen molar-refractivity contribution in [1.82, 2.24) is 0 Å². The van der Waals surface area contributed by atoms with E-state index in [2.05, 4.69) is 280 Å². The Morgan fingerprint density at radius 3 is 1.50 bits per heavy atom. The summed E-state index contributed by atoms with van der Waals surface area (Å²) in [6, 6.07) is 97.3. The van der Waals surface area contributed by atoms with E-state index in [1.54, 1.807) is 0 Å². The fraction of sp³-hybridized carbons (Fsp3) is 0.0571. The molecule has 0 aliphatic heterocycles. The minimum absolute atomic E-state index is 0.122. The third-order valence-corrected chi connectivity index (χ3v) is 17.0. The number of hydrogen-bond acceptors (Lipinski definition) is 2. The van der Waals surface area contributed by atoms with Crippen LogP contribution < -0.4 is 4.90 Å². The summed E-state index contributed by atoms with van der Waals surface area (Å²) in [7, 11) is 0. The van der Waals surface area contributed by atoms with Crippen molar-refractivity contribution in [2.75, 3.05) is 4.90 Å². The number of rotatable bonds is 8. The van der Waals surface area contributed by atoms with Crippen molar-refractivity contribution < 1.29 is 0 Å². The molecule has 2 aliphatic carbocycles. The standard InChI is InChI=1S/C70H49NS/c1-69(2)63-27-15-12-24-56(63)58-41-39-55(45-65(58)69)71(53-35-30-47(31-36-53)46-18-6-3-7-19-46)54-37-32-48(33-38-54)61-42-50(43-62-60-26-14-17-29-67(60)72-68(61)62)49-34-40-59-57-25-13-16-28-64(57)70(66(59)44-49,51-20-8-4-9-21-51)52-22-10-5-11-23-52/h3-45H,1-2H3. The molecular weight excluding hydrogens is 887 g/mol. The summed E-state index contributed by atoms with van der Waals surface area (Å²) in [6.45, 7) is 4.73. The average Bonchev–Trinajstić information content (AvgIpc) is 4.05. The Bertz CT molecular complexity index is 4000. The van der Waals surface area contributed by atoms with E-state index in [9.17, 15) is 0 Å². The van der Waals surface area contributed by atoms with Crippen LogP contribution in [-0.4, -0.2) is 0 Å². The molecule has 0 radical (unpaired) electrons. The molecule has 11 aromatic carbocycles. The molecule has 0 bridgehead atoms. The predicted molar refractivity (Wildman–Crippen MR) is 305 cm³/mol. The van der Waals surface area contributed by atoms with Crippen LogP contribution in [0.15, 0.2) is 261 Å². The number of thiophene rings is 1. The molecule has 0 atom stereocenters. The van der Waals surface area contributed by atoms with Gasteiger partial charge in [-0.2, -0.15) is 0 Å². The highest BCUT2D eigenvalue weighted by molar-refractivity contribution is 7.26. The highest BCUT2D eigenvalue weighted by atomic mass is 32.1. The second-order valence-corrected chi connectivity index (χ2v) is 21.0. The largest absolute Gasteiger partial charge is 0.310 e. The van der Waals surface area contributed by atoms with Crippen molar-refractivity contribution in [2.45, 2.75) is 24.7 Å². The Morgan fingerprint density at radius 2 is 0.806 bits per heavy atom. The fourth-order valence-corrected chi connectivity index (χ4v) is 13.6. The van der Waals surface area contributed by atoms with Gasteiger partial charge in [-0.3, -0.25) is 0 Å². The molecule has 0 saturated heterocycles. The average molecular weight is 936 g/mol. The normalized spacial score (nSPS) is 13.6. The van der Waals surface area contributed by atoms with Gasteiger partial charge in [-0.25, -0.2) is 0 Å². The molecule has 72 heavy (non-hydrogen) atoms. The third kappa shape index (κ3) is 6.46. The summed E-state index contributed by atoms with van der Waals surface area (Å²) in [5.74, 6) is 0. The van der Waals surface area contributed by atoms with Gasteiger partial charge in [-0.1, -0.05) is 214 Å². The maximum absolute atomic E-state index is 2.50. The van der Waals surface area contributed by atoms with Crippen molar-refractivity contribution in [3.63, 3.8) is 0 Å². The van der Waals surface area contributed by atoms with Gasteiger partial charge in [0.25, 0.3) is 0 Å². The van der Waals surface area contributed by atoms with E-state index in [0.29, 0.717) is 0 Å². The van der Waals surface area contributed by atoms with Gasteiger partial charge in [0.15, 0.2) is 0 Å². The van der Waals surface area contributed by atoms with Crippen molar-refractivity contribution in [3.05, 3.63) is 294 Å². The molecule has 340 valence electrons. The highest BCUT2D eigenvalue weighted by Gasteiger charge is 2.46. The number of benzene rings is 11. The van der Waals surface area contributed by atoms with Gasteiger partial charge >= 0.3 is 0 Å². The summed E-state index contributed by atoms with van der Waals surface area (Å²) in [5.41, 5.74) is 23.2. The van der Waals surface area contributed by atoms with Crippen LogP contribution in [-0.2, 0) is 10.8 Å². The minimum atomic E-state index is -0.478. The maximum atomic E-state index is 2.50. The first-order chi connectivity index (χ1) is 35.4. The number of nitrogens with zero attached hydrogens (tertiary/aromatic N) is 1. The molecule has 0 unspecified atom stereocenters. The van der Waals surface area contributed by atoms with Gasteiger partial charge in [0, 0.05) is 48.2 Å². The van der Waals surface area contributed by atoms with E-state index >= 15 is 0 Å². The lowest BCUT2D eigenvalue weighted by atomic mass is 9.67. The van der Waals surface area contributed by atoms with Gasteiger partial charge in [0.05, 0.1) is 5.41 Å². The minimum Gasteiger partial charge on any atom is -0.310 e. The Morgan fingerprint density at radius 1 is 0.306 bits per heavy atom. The summed E-state index contributed by atoms with van der Waals surface area (Å²) in [4.78, 5) is 2.43. The monoisotopic (exact) mass is 935 g/mol. The maximum Gasteiger partial charge on any atom is 0.0713 e. The van der Waals surface area contributed by atoms with Gasteiger partial charge in [-0.15, -0.1) is 11.3 Å². The molecule has 12 aromatic rings. The van der Waals surface area contributed by atoms with Crippen LogP contribution in [0.1, 0.15) is 47.2 Å².